The molecule has 0 aliphatic heterocycles. The van der Waals surface area contributed by atoms with Gasteiger partial charge in [0.1, 0.15) is 11.2 Å². The highest BCUT2D eigenvalue weighted by Crippen LogP contribution is 2.35. The van der Waals surface area contributed by atoms with Crippen molar-refractivity contribution in [3.05, 3.63) is 62.8 Å². The number of oxazole rings is 1. The van der Waals surface area contributed by atoms with E-state index in [1.54, 1.807) is 0 Å². The van der Waals surface area contributed by atoms with Gasteiger partial charge in [-0.1, -0.05) is 0 Å². The fourth-order valence-corrected chi connectivity index (χ4v) is 3.26. The number of carbonyl (C=O) groups excluding carboxylic acids is 1. The number of aromatic amines is 1. The summed E-state index contributed by atoms with van der Waals surface area (Å²) >= 11 is 0. The highest BCUT2D eigenvalue weighted by Gasteiger charge is 2.37. The van der Waals surface area contributed by atoms with E-state index in [4.69, 9.17) is 0 Å². The first-order chi connectivity index (χ1) is 14.7. The maximum Gasteiger partial charge on any atom is 0.468 e. The summed E-state index contributed by atoms with van der Waals surface area (Å²) < 4.78 is 44.3. The second kappa shape index (κ2) is 6.52. The molecular formula is C19H12F3N5O4. The number of halogens is 3. The van der Waals surface area contributed by atoms with Crippen molar-refractivity contribution in [3.63, 3.8) is 0 Å². The number of alkyl halides is 3. The second-order valence-corrected chi connectivity index (χ2v) is 7.11. The number of pyridine rings is 1. The van der Waals surface area contributed by atoms with Gasteiger partial charge in [0.25, 0.3) is 11.5 Å². The Morgan fingerprint density at radius 1 is 1.23 bits per heavy atom. The van der Waals surface area contributed by atoms with Crippen molar-refractivity contribution in [1.82, 2.24) is 19.5 Å². The first kappa shape index (κ1) is 19.0. The summed E-state index contributed by atoms with van der Waals surface area (Å²) in [4.78, 5) is 46.6. The molecule has 12 heteroatoms. The molecule has 4 aromatic rings. The molecule has 1 saturated carbocycles. The van der Waals surface area contributed by atoms with Gasteiger partial charge < -0.3 is 9.73 Å². The topological polar surface area (TPSA) is 123 Å². The van der Waals surface area contributed by atoms with Gasteiger partial charge in [-0.15, -0.1) is 0 Å². The molecular weight excluding hydrogens is 419 g/mol. The average molecular weight is 431 g/mol. The van der Waals surface area contributed by atoms with Crippen molar-refractivity contribution in [2.24, 2.45) is 0 Å². The van der Waals surface area contributed by atoms with Gasteiger partial charge in [0.15, 0.2) is 5.58 Å². The lowest BCUT2D eigenvalue weighted by Crippen LogP contribution is -2.30. The second-order valence-electron chi connectivity index (χ2n) is 7.11. The van der Waals surface area contributed by atoms with Gasteiger partial charge in [0.05, 0.1) is 10.9 Å². The van der Waals surface area contributed by atoms with Crippen molar-refractivity contribution >= 4 is 33.7 Å². The Hall–Kier alpha value is -3.96. The Balaban J connectivity index is 1.47. The van der Waals surface area contributed by atoms with Gasteiger partial charge in [-0.25, -0.2) is 14.8 Å². The summed E-state index contributed by atoms with van der Waals surface area (Å²) in [5.41, 5.74) is -0.969. The number of benzene rings is 1. The zero-order valence-electron chi connectivity index (χ0n) is 15.5. The van der Waals surface area contributed by atoms with Crippen LogP contribution in [-0.4, -0.2) is 25.4 Å². The van der Waals surface area contributed by atoms with Crippen LogP contribution in [0.5, 0.6) is 0 Å². The van der Waals surface area contributed by atoms with Crippen molar-refractivity contribution in [2.75, 3.05) is 5.32 Å². The van der Waals surface area contributed by atoms with Crippen LogP contribution in [0, 0.1) is 0 Å². The number of fused-ring (bicyclic) bond motifs is 2. The van der Waals surface area contributed by atoms with E-state index in [0.717, 1.165) is 12.8 Å². The summed E-state index contributed by atoms with van der Waals surface area (Å²) in [7, 11) is 0. The number of hydrogen-bond donors (Lipinski definition) is 2. The normalized spacial score (nSPS) is 14.3. The van der Waals surface area contributed by atoms with Crippen LogP contribution in [0.2, 0.25) is 0 Å². The Morgan fingerprint density at radius 2 is 2.00 bits per heavy atom. The van der Waals surface area contributed by atoms with Crippen LogP contribution < -0.4 is 16.6 Å². The molecule has 0 spiro atoms. The van der Waals surface area contributed by atoms with E-state index < -0.39 is 29.2 Å². The van der Waals surface area contributed by atoms with Crippen LogP contribution in [0.3, 0.4) is 0 Å². The maximum absolute atomic E-state index is 12.7. The van der Waals surface area contributed by atoms with E-state index in [-0.39, 0.29) is 39.4 Å². The lowest BCUT2D eigenvalue weighted by atomic mass is 10.2. The monoisotopic (exact) mass is 431 g/mol. The molecule has 0 saturated heterocycles. The third kappa shape index (κ3) is 3.35. The predicted octanol–water partition coefficient (Wildman–Crippen LogP) is 2.83. The standard InChI is InChI=1S/C19H12F3N5O4/c20-19(21,22)17-25-12-6-9(1-4-13(12)31-17)24-15(28)8-5-11-14(23-7-8)27(10-2-3-10)18(30)26-16(11)29/h1,4-7,10H,2-3H2,(H,24,28)(H,26,29,30). The zero-order chi connectivity index (χ0) is 21.9. The third-order valence-electron chi connectivity index (χ3n) is 4.84. The molecule has 0 radical (unpaired) electrons. The van der Waals surface area contributed by atoms with E-state index in [2.05, 4.69) is 24.7 Å². The summed E-state index contributed by atoms with van der Waals surface area (Å²) in [6.07, 6.45) is -1.91. The minimum absolute atomic E-state index is 0.0326. The highest BCUT2D eigenvalue weighted by atomic mass is 19.4. The lowest BCUT2D eigenvalue weighted by Gasteiger charge is -2.09. The van der Waals surface area contributed by atoms with Crippen LogP contribution in [0.25, 0.3) is 22.1 Å². The molecule has 0 bridgehead atoms. The summed E-state index contributed by atoms with van der Waals surface area (Å²) in [5, 5.41) is 2.61. The Bertz CT molecular complexity index is 1480. The minimum Gasteiger partial charge on any atom is -0.433 e. The first-order valence-electron chi connectivity index (χ1n) is 9.14. The van der Waals surface area contributed by atoms with E-state index in [1.807, 2.05) is 0 Å². The molecule has 0 unspecified atom stereocenters. The summed E-state index contributed by atoms with van der Waals surface area (Å²) in [5.74, 6) is -2.03. The molecule has 3 heterocycles. The van der Waals surface area contributed by atoms with Crippen LogP contribution in [-0.2, 0) is 6.18 Å². The molecule has 9 nitrogen and oxygen atoms in total. The molecule has 1 amide bonds. The quantitative estimate of drug-likeness (QED) is 0.514. The number of aromatic nitrogens is 4. The molecule has 158 valence electrons. The Kier molecular flexibility index (Phi) is 4.00. The molecule has 0 atom stereocenters. The van der Waals surface area contributed by atoms with Gasteiger partial charge in [0, 0.05) is 17.9 Å². The van der Waals surface area contributed by atoms with Crippen LogP contribution in [0.4, 0.5) is 18.9 Å². The molecule has 1 aliphatic carbocycles. The molecule has 1 fully saturated rings. The molecule has 3 aromatic heterocycles. The number of H-pyrrole nitrogens is 1. The van der Waals surface area contributed by atoms with Gasteiger partial charge in [-0.05, 0) is 37.1 Å². The number of hydrogen-bond acceptors (Lipinski definition) is 6. The van der Waals surface area contributed by atoms with Crippen molar-refractivity contribution in [2.45, 2.75) is 25.1 Å². The largest absolute Gasteiger partial charge is 0.468 e. The number of anilines is 1. The highest BCUT2D eigenvalue weighted by molar-refractivity contribution is 6.06. The Labute approximate surface area is 169 Å². The van der Waals surface area contributed by atoms with Crippen molar-refractivity contribution in [3.8, 4) is 0 Å². The number of amides is 1. The summed E-state index contributed by atoms with van der Waals surface area (Å²) in [6.45, 7) is 0. The molecule has 1 aliphatic rings. The fourth-order valence-electron chi connectivity index (χ4n) is 3.26. The van der Waals surface area contributed by atoms with E-state index in [9.17, 15) is 27.6 Å². The Morgan fingerprint density at radius 3 is 2.71 bits per heavy atom. The molecule has 2 N–H and O–H groups in total. The smallest absolute Gasteiger partial charge is 0.433 e. The van der Waals surface area contributed by atoms with Gasteiger partial charge in [0.2, 0.25) is 0 Å². The van der Waals surface area contributed by atoms with Crippen LogP contribution in [0.1, 0.15) is 35.1 Å². The SMILES string of the molecule is O=C(Nc1ccc2oc(C(F)(F)F)nc2c1)c1cnc2c(c1)c(=O)[nH]c(=O)n2C1CC1. The molecule has 1 aromatic carbocycles. The first-order valence-corrected chi connectivity index (χ1v) is 9.14. The van der Waals surface area contributed by atoms with Crippen LogP contribution >= 0.6 is 0 Å². The average Bonchev–Trinajstić information content (AvgIpc) is 3.44. The van der Waals surface area contributed by atoms with Crippen molar-refractivity contribution < 1.29 is 22.4 Å². The van der Waals surface area contributed by atoms with E-state index in [0.29, 0.717) is 0 Å². The van der Waals surface area contributed by atoms with E-state index in [1.165, 1.54) is 35.0 Å². The maximum atomic E-state index is 12.7. The number of nitrogens with one attached hydrogen (secondary N) is 2. The van der Waals surface area contributed by atoms with Crippen LogP contribution in [0.15, 0.2) is 44.5 Å². The molecule has 31 heavy (non-hydrogen) atoms. The van der Waals surface area contributed by atoms with Gasteiger partial charge in [-0.2, -0.15) is 13.2 Å². The minimum atomic E-state index is -4.73. The summed E-state index contributed by atoms with van der Waals surface area (Å²) in [6, 6.07) is 5.13. The van der Waals surface area contributed by atoms with Crippen molar-refractivity contribution in [1.29, 1.82) is 0 Å². The molecule has 5 rings (SSSR count). The number of carbonyl (C=O) groups is 1. The zero-order valence-corrected chi connectivity index (χ0v) is 15.5. The predicted molar refractivity (Wildman–Crippen MR) is 102 cm³/mol. The number of rotatable bonds is 3. The van der Waals surface area contributed by atoms with Gasteiger partial charge >= 0.3 is 17.8 Å². The van der Waals surface area contributed by atoms with Gasteiger partial charge in [-0.3, -0.25) is 19.1 Å². The lowest BCUT2D eigenvalue weighted by molar-refractivity contribution is -0.156. The number of nitrogens with zero attached hydrogens (tertiary/aromatic N) is 3. The fraction of sp³-hybridized carbons (Fsp3) is 0.211. The third-order valence-corrected chi connectivity index (χ3v) is 4.84. The van der Waals surface area contributed by atoms with E-state index >= 15 is 0 Å².